The second-order valence-corrected chi connectivity index (χ2v) is 8.47. The van der Waals surface area contributed by atoms with Crippen molar-refractivity contribution < 1.29 is 9.47 Å². The Kier molecular flexibility index (Phi) is 5.20. The molecule has 0 unspecified atom stereocenters. The van der Waals surface area contributed by atoms with Crippen molar-refractivity contribution in [2.24, 2.45) is 5.92 Å². The molecule has 2 aliphatic heterocycles. The van der Waals surface area contributed by atoms with Crippen LogP contribution in [0.4, 0.5) is 0 Å². The molecule has 0 N–H and O–H groups in total. The smallest absolute Gasteiger partial charge is 0.232 e. The Hall–Kier alpha value is -1.57. The topological polar surface area (TPSA) is 60.4 Å². The molecule has 1 spiro atoms. The highest BCUT2D eigenvalue weighted by atomic mass is 32.1. The standard InChI is InChI=1S/C19H26N4O2S/c1-14-8-20-9-18(22-14)24-5-3-16-4-6-25-19(7-16)11-23(12-19)10-17-15(2)21-13-26-17/h8-9,13,16H,3-7,10-12H2,1-2H3/t16-/m0/s1. The summed E-state index contributed by atoms with van der Waals surface area (Å²) in [6.45, 7) is 8.65. The summed E-state index contributed by atoms with van der Waals surface area (Å²) in [5.74, 6) is 1.29. The second kappa shape index (κ2) is 7.58. The summed E-state index contributed by atoms with van der Waals surface area (Å²) >= 11 is 1.75. The molecule has 0 bridgehead atoms. The van der Waals surface area contributed by atoms with Crippen molar-refractivity contribution in [1.82, 2.24) is 19.9 Å². The van der Waals surface area contributed by atoms with Gasteiger partial charge in [0.2, 0.25) is 5.88 Å². The SMILES string of the molecule is Cc1cncc(OCC[C@H]2CCOC3(C2)CN(Cc2scnc2C)C3)n1. The van der Waals surface area contributed by atoms with E-state index in [1.54, 1.807) is 23.7 Å². The van der Waals surface area contributed by atoms with Gasteiger partial charge in [-0.2, -0.15) is 0 Å². The van der Waals surface area contributed by atoms with Gasteiger partial charge in [-0.1, -0.05) is 0 Å². The molecule has 7 heteroatoms. The molecular formula is C19H26N4O2S. The molecule has 0 aliphatic carbocycles. The number of hydrogen-bond acceptors (Lipinski definition) is 7. The molecule has 2 fully saturated rings. The van der Waals surface area contributed by atoms with E-state index in [0.29, 0.717) is 18.4 Å². The molecule has 0 amide bonds. The Morgan fingerprint density at radius 1 is 1.35 bits per heavy atom. The van der Waals surface area contributed by atoms with Crippen molar-refractivity contribution in [3.63, 3.8) is 0 Å². The van der Waals surface area contributed by atoms with Gasteiger partial charge < -0.3 is 9.47 Å². The van der Waals surface area contributed by atoms with Crippen molar-refractivity contribution in [2.75, 3.05) is 26.3 Å². The fourth-order valence-electron chi connectivity index (χ4n) is 4.00. The summed E-state index contributed by atoms with van der Waals surface area (Å²) in [6.07, 6.45) is 6.73. The largest absolute Gasteiger partial charge is 0.477 e. The van der Waals surface area contributed by atoms with Gasteiger partial charge >= 0.3 is 0 Å². The number of nitrogens with zero attached hydrogens (tertiary/aromatic N) is 4. The third-order valence-electron chi connectivity index (χ3n) is 5.34. The van der Waals surface area contributed by atoms with Gasteiger partial charge in [0.1, 0.15) is 0 Å². The first kappa shape index (κ1) is 17.8. The maximum Gasteiger partial charge on any atom is 0.232 e. The van der Waals surface area contributed by atoms with Crippen molar-refractivity contribution in [2.45, 2.75) is 45.3 Å². The van der Waals surface area contributed by atoms with Crippen LogP contribution in [0.1, 0.15) is 35.5 Å². The van der Waals surface area contributed by atoms with E-state index in [1.807, 2.05) is 12.4 Å². The zero-order chi connectivity index (χ0) is 18.0. The van der Waals surface area contributed by atoms with Crippen LogP contribution in [0, 0.1) is 19.8 Å². The molecule has 26 heavy (non-hydrogen) atoms. The Balaban J connectivity index is 1.23. The minimum absolute atomic E-state index is 0.0602. The van der Waals surface area contributed by atoms with Gasteiger partial charge in [-0.15, -0.1) is 11.3 Å². The summed E-state index contributed by atoms with van der Waals surface area (Å²) in [7, 11) is 0. The van der Waals surface area contributed by atoms with Crippen molar-refractivity contribution in [3.8, 4) is 5.88 Å². The predicted molar refractivity (Wildman–Crippen MR) is 100 cm³/mol. The molecule has 0 radical (unpaired) electrons. The van der Waals surface area contributed by atoms with Gasteiger partial charge in [-0.25, -0.2) is 9.97 Å². The van der Waals surface area contributed by atoms with Gasteiger partial charge in [-0.05, 0) is 39.0 Å². The molecule has 2 saturated heterocycles. The highest BCUT2D eigenvalue weighted by molar-refractivity contribution is 7.09. The van der Waals surface area contributed by atoms with Gasteiger partial charge in [0.15, 0.2) is 0 Å². The van der Waals surface area contributed by atoms with Crippen LogP contribution in [-0.2, 0) is 11.3 Å². The first-order valence-corrected chi connectivity index (χ1v) is 10.2. The fraction of sp³-hybridized carbons (Fsp3) is 0.632. The molecule has 4 heterocycles. The van der Waals surface area contributed by atoms with E-state index in [1.165, 1.54) is 4.88 Å². The summed E-state index contributed by atoms with van der Waals surface area (Å²) in [4.78, 5) is 16.7. The van der Waals surface area contributed by atoms with Crippen LogP contribution < -0.4 is 4.74 Å². The van der Waals surface area contributed by atoms with Crippen LogP contribution in [-0.4, -0.2) is 51.8 Å². The van der Waals surface area contributed by atoms with E-state index < -0.39 is 0 Å². The van der Waals surface area contributed by atoms with Crippen molar-refractivity contribution >= 4 is 11.3 Å². The molecule has 2 aliphatic rings. The second-order valence-electron chi connectivity index (χ2n) is 7.53. The van der Waals surface area contributed by atoms with Gasteiger partial charge in [0, 0.05) is 37.3 Å². The lowest BCUT2D eigenvalue weighted by atomic mass is 9.79. The molecule has 6 nitrogen and oxygen atoms in total. The summed E-state index contributed by atoms with van der Waals surface area (Å²) < 4.78 is 12.0. The third kappa shape index (κ3) is 4.05. The van der Waals surface area contributed by atoms with Gasteiger partial charge in [0.25, 0.3) is 0 Å². The summed E-state index contributed by atoms with van der Waals surface area (Å²) in [6, 6.07) is 0. The molecule has 4 rings (SSSR count). The molecule has 2 aromatic rings. The predicted octanol–water partition coefficient (Wildman–Crippen LogP) is 3.00. The Morgan fingerprint density at radius 2 is 2.23 bits per heavy atom. The van der Waals surface area contributed by atoms with E-state index in [0.717, 1.165) is 56.9 Å². The molecule has 0 saturated carbocycles. The highest BCUT2D eigenvalue weighted by Gasteiger charge is 2.47. The normalized spacial score (nSPS) is 22.3. The molecule has 0 aromatic carbocycles. The number of ether oxygens (including phenoxy) is 2. The molecule has 2 aromatic heterocycles. The quantitative estimate of drug-likeness (QED) is 0.775. The third-order valence-corrected chi connectivity index (χ3v) is 6.26. The lowest BCUT2D eigenvalue weighted by molar-refractivity contribution is -0.181. The van der Waals surface area contributed by atoms with E-state index in [-0.39, 0.29) is 5.60 Å². The average molecular weight is 375 g/mol. The fourth-order valence-corrected chi connectivity index (χ4v) is 4.82. The van der Waals surface area contributed by atoms with Crippen LogP contribution in [0.5, 0.6) is 5.88 Å². The molecular weight excluding hydrogens is 348 g/mol. The maximum atomic E-state index is 6.17. The van der Waals surface area contributed by atoms with Gasteiger partial charge in [0.05, 0.1) is 35.3 Å². The van der Waals surface area contributed by atoms with Gasteiger partial charge in [-0.3, -0.25) is 9.88 Å². The lowest BCUT2D eigenvalue weighted by Crippen LogP contribution is -2.64. The zero-order valence-electron chi connectivity index (χ0n) is 15.5. The number of thiazole rings is 1. The Bertz CT molecular complexity index is 745. The number of aryl methyl sites for hydroxylation is 2. The minimum atomic E-state index is 0.0602. The van der Waals surface area contributed by atoms with Crippen molar-refractivity contribution in [3.05, 3.63) is 34.2 Å². The van der Waals surface area contributed by atoms with Crippen LogP contribution in [0.25, 0.3) is 0 Å². The van der Waals surface area contributed by atoms with Crippen LogP contribution in [0.2, 0.25) is 0 Å². The number of likely N-dealkylation sites (tertiary alicyclic amines) is 1. The first-order chi connectivity index (χ1) is 12.6. The zero-order valence-corrected chi connectivity index (χ0v) is 16.3. The summed E-state index contributed by atoms with van der Waals surface area (Å²) in [5.41, 5.74) is 4.05. The van der Waals surface area contributed by atoms with E-state index in [4.69, 9.17) is 9.47 Å². The number of rotatable bonds is 6. The number of hydrogen-bond donors (Lipinski definition) is 0. The van der Waals surface area contributed by atoms with E-state index in [2.05, 4.69) is 26.8 Å². The van der Waals surface area contributed by atoms with E-state index >= 15 is 0 Å². The molecule has 140 valence electrons. The van der Waals surface area contributed by atoms with Crippen LogP contribution in [0.3, 0.4) is 0 Å². The maximum absolute atomic E-state index is 6.17. The van der Waals surface area contributed by atoms with Crippen LogP contribution >= 0.6 is 11.3 Å². The monoisotopic (exact) mass is 374 g/mol. The average Bonchev–Trinajstić information content (AvgIpc) is 2.99. The lowest BCUT2D eigenvalue weighted by Gasteiger charge is -2.53. The first-order valence-electron chi connectivity index (χ1n) is 9.29. The van der Waals surface area contributed by atoms with E-state index in [9.17, 15) is 0 Å². The van der Waals surface area contributed by atoms with Crippen LogP contribution in [0.15, 0.2) is 17.9 Å². The summed E-state index contributed by atoms with van der Waals surface area (Å²) in [5, 5.41) is 0. The Labute approximate surface area is 158 Å². The minimum Gasteiger partial charge on any atom is -0.477 e. The highest BCUT2D eigenvalue weighted by Crippen LogP contribution is 2.39. The number of aromatic nitrogens is 3. The van der Waals surface area contributed by atoms with Crippen molar-refractivity contribution in [1.29, 1.82) is 0 Å². The molecule has 1 atom stereocenters. The Morgan fingerprint density at radius 3 is 3.00 bits per heavy atom.